The van der Waals surface area contributed by atoms with Crippen molar-refractivity contribution in [2.24, 2.45) is 0 Å². The zero-order valence-corrected chi connectivity index (χ0v) is 10.4. The van der Waals surface area contributed by atoms with Gasteiger partial charge in [0.25, 0.3) is 6.47 Å². The molecule has 0 fully saturated rings. The maximum absolute atomic E-state index is 9.78. The molecule has 0 spiro atoms. The normalized spacial score (nSPS) is 11.4. The topological polar surface area (TPSA) is 63.2 Å². The van der Waals surface area contributed by atoms with Crippen LogP contribution in [0.25, 0.3) is 0 Å². The fraction of sp³-hybridized carbons (Fsp3) is 0.875. The number of hydrogen-bond acceptors (Lipinski definition) is 6. The molecule has 0 saturated heterocycles. The molecule has 15 heavy (non-hydrogen) atoms. The summed E-state index contributed by atoms with van der Waals surface area (Å²) in [6, 6.07) is 0.664. The molecule has 0 atom stereocenters. The minimum absolute atomic E-state index is 0.0228. The number of rotatable bonds is 10. The summed E-state index contributed by atoms with van der Waals surface area (Å²) >= 11 is 0. The van der Waals surface area contributed by atoms with Gasteiger partial charge < -0.3 is 22.8 Å². The molecule has 0 aromatic rings. The first kappa shape index (κ1) is 14.5. The minimum atomic E-state index is -2.48. The van der Waals surface area contributed by atoms with E-state index >= 15 is 0 Å². The number of carbonyl (C=O) groups excluding carboxylic acids is 1. The van der Waals surface area contributed by atoms with E-state index < -0.39 is 8.80 Å². The molecule has 90 valence electrons. The Morgan fingerprint density at radius 1 is 1.13 bits per heavy atom. The third-order valence-electron chi connectivity index (χ3n) is 1.92. The van der Waals surface area contributed by atoms with Gasteiger partial charge in [-0.3, -0.25) is 4.79 Å². The van der Waals surface area contributed by atoms with Gasteiger partial charge in [-0.25, -0.2) is 0 Å². The monoisotopic (exact) mass is 238 g/mol. The quantitative estimate of drug-likeness (QED) is 0.238. The molecule has 0 aromatic heterocycles. The van der Waals surface area contributed by atoms with E-state index in [0.29, 0.717) is 19.1 Å². The summed E-state index contributed by atoms with van der Waals surface area (Å²) in [5, 5.41) is 0. The molecule has 0 heterocycles. The molecule has 0 amide bonds. The van der Waals surface area contributed by atoms with E-state index in [2.05, 4.69) is 4.74 Å². The summed E-state index contributed by atoms with van der Waals surface area (Å²) in [6.45, 7) is 0.794. The van der Waals surface area contributed by atoms with Crippen LogP contribution in [0.15, 0.2) is 0 Å². The van der Waals surface area contributed by atoms with Gasteiger partial charge in [0.15, 0.2) is 6.79 Å². The van der Waals surface area contributed by atoms with Gasteiger partial charge in [-0.1, -0.05) is 0 Å². The second-order valence-corrected chi connectivity index (χ2v) is 5.78. The second-order valence-electron chi connectivity index (χ2n) is 2.69. The summed E-state index contributed by atoms with van der Waals surface area (Å²) in [4.78, 5) is 9.78. The smallest absolute Gasteiger partial charge is 0.441 e. The van der Waals surface area contributed by atoms with Crippen LogP contribution in [0, 0.1) is 0 Å². The van der Waals surface area contributed by atoms with Crippen LogP contribution in [0.3, 0.4) is 0 Å². The average Bonchev–Trinajstić information content (AvgIpc) is 2.29. The number of hydrogen-bond donors (Lipinski definition) is 0. The third-order valence-corrected chi connectivity index (χ3v) is 4.76. The first-order chi connectivity index (χ1) is 7.24. The minimum Gasteiger partial charge on any atom is -0.441 e. The predicted molar refractivity (Wildman–Crippen MR) is 54.2 cm³/mol. The molecule has 0 N–H and O–H groups in total. The SMILES string of the molecule is CO[Si](CCCOCOC=O)(OC)OC. The highest BCUT2D eigenvalue weighted by atomic mass is 28.4. The zero-order valence-electron chi connectivity index (χ0n) is 9.36. The Bertz CT molecular complexity index is 153. The summed E-state index contributed by atoms with van der Waals surface area (Å²) < 4.78 is 25.0. The van der Waals surface area contributed by atoms with Crippen LogP contribution < -0.4 is 0 Å². The maximum atomic E-state index is 9.78. The van der Waals surface area contributed by atoms with Gasteiger partial charge in [-0.15, -0.1) is 0 Å². The number of carbonyl (C=O) groups is 1. The molecule has 7 heteroatoms. The molecule has 0 unspecified atom stereocenters. The molecule has 0 aliphatic heterocycles. The number of ether oxygens (including phenoxy) is 2. The average molecular weight is 238 g/mol. The Hall–Kier alpha value is -0.473. The molecule has 0 aromatic carbocycles. The van der Waals surface area contributed by atoms with Crippen molar-refractivity contribution in [1.82, 2.24) is 0 Å². The second kappa shape index (κ2) is 8.80. The Morgan fingerprint density at radius 3 is 2.20 bits per heavy atom. The molecule has 0 aliphatic carbocycles. The molecule has 0 rings (SSSR count). The highest BCUT2D eigenvalue weighted by molar-refractivity contribution is 6.60. The van der Waals surface area contributed by atoms with Crippen LogP contribution in [-0.2, 0) is 27.5 Å². The Labute approximate surface area is 90.8 Å². The predicted octanol–water partition coefficient (Wildman–Crippen LogP) is 0.402. The lowest BCUT2D eigenvalue weighted by Gasteiger charge is -2.24. The zero-order chi connectivity index (χ0) is 11.6. The van der Waals surface area contributed by atoms with Gasteiger partial charge in [-0.2, -0.15) is 0 Å². The summed E-state index contributed by atoms with van der Waals surface area (Å²) in [6.07, 6.45) is 0.726. The molecular weight excluding hydrogens is 220 g/mol. The fourth-order valence-corrected chi connectivity index (χ4v) is 2.77. The standard InChI is InChI=1S/C8H18O6Si/c1-10-15(11-2,12-3)6-4-5-13-8-14-7-9/h7H,4-6,8H2,1-3H3. The lowest BCUT2D eigenvalue weighted by atomic mass is 10.5. The molecule has 6 nitrogen and oxygen atoms in total. The van der Waals surface area contributed by atoms with Crippen LogP contribution in [0.4, 0.5) is 0 Å². The third kappa shape index (κ3) is 5.85. The van der Waals surface area contributed by atoms with Gasteiger partial charge in [0.05, 0.1) is 6.61 Å². The van der Waals surface area contributed by atoms with Crippen LogP contribution >= 0.6 is 0 Å². The van der Waals surface area contributed by atoms with Crippen molar-refractivity contribution in [3.05, 3.63) is 0 Å². The summed E-state index contributed by atoms with van der Waals surface area (Å²) in [5.74, 6) is 0. The van der Waals surface area contributed by atoms with Crippen molar-refractivity contribution in [1.29, 1.82) is 0 Å². The van der Waals surface area contributed by atoms with Gasteiger partial charge in [0.1, 0.15) is 0 Å². The van der Waals surface area contributed by atoms with Gasteiger partial charge in [0, 0.05) is 27.4 Å². The van der Waals surface area contributed by atoms with Gasteiger partial charge >= 0.3 is 8.80 Å². The van der Waals surface area contributed by atoms with E-state index in [4.69, 9.17) is 18.0 Å². The Kier molecular flexibility index (Phi) is 8.53. The van der Waals surface area contributed by atoms with Crippen molar-refractivity contribution >= 4 is 15.3 Å². The highest BCUT2D eigenvalue weighted by Crippen LogP contribution is 2.14. The van der Waals surface area contributed by atoms with Crippen molar-refractivity contribution < 1.29 is 27.5 Å². The van der Waals surface area contributed by atoms with E-state index in [1.165, 1.54) is 0 Å². The van der Waals surface area contributed by atoms with E-state index in [0.717, 1.165) is 6.42 Å². The van der Waals surface area contributed by atoms with E-state index in [9.17, 15) is 4.79 Å². The molecule has 0 radical (unpaired) electrons. The van der Waals surface area contributed by atoms with Crippen LogP contribution in [0.1, 0.15) is 6.42 Å². The first-order valence-electron chi connectivity index (χ1n) is 4.53. The molecule has 0 saturated carbocycles. The first-order valence-corrected chi connectivity index (χ1v) is 6.46. The lowest BCUT2D eigenvalue weighted by Crippen LogP contribution is -2.42. The summed E-state index contributed by atoms with van der Waals surface area (Å²) in [7, 11) is 2.22. The largest absolute Gasteiger partial charge is 0.500 e. The molecule has 0 aliphatic rings. The summed E-state index contributed by atoms with van der Waals surface area (Å²) in [5.41, 5.74) is 0. The van der Waals surface area contributed by atoms with Crippen LogP contribution in [-0.4, -0.2) is 50.0 Å². The van der Waals surface area contributed by atoms with E-state index in [1.54, 1.807) is 21.3 Å². The fourth-order valence-electron chi connectivity index (χ4n) is 1.08. The van der Waals surface area contributed by atoms with Crippen LogP contribution in [0.5, 0.6) is 0 Å². The van der Waals surface area contributed by atoms with Crippen LogP contribution in [0.2, 0.25) is 6.04 Å². The maximum Gasteiger partial charge on any atom is 0.500 e. The highest BCUT2D eigenvalue weighted by Gasteiger charge is 2.36. The van der Waals surface area contributed by atoms with Crippen molar-refractivity contribution in [3.63, 3.8) is 0 Å². The molecule has 0 bridgehead atoms. The van der Waals surface area contributed by atoms with Gasteiger partial charge in [0.2, 0.25) is 0 Å². The Morgan fingerprint density at radius 2 is 1.73 bits per heavy atom. The van der Waals surface area contributed by atoms with Crippen molar-refractivity contribution in [2.75, 3.05) is 34.7 Å². The molecular formula is C8H18O6Si. The van der Waals surface area contributed by atoms with E-state index in [-0.39, 0.29) is 6.79 Å². The lowest BCUT2D eigenvalue weighted by molar-refractivity contribution is -0.140. The van der Waals surface area contributed by atoms with E-state index in [1.807, 2.05) is 0 Å². The van der Waals surface area contributed by atoms with Crippen molar-refractivity contribution in [2.45, 2.75) is 12.5 Å². The van der Waals surface area contributed by atoms with Crippen molar-refractivity contribution in [3.8, 4) is 0 Å². The van der Waals surface area contributed by atoms with Gasteiger partial charge in [-0.05, 0) is 6.42 Å². The Balaban J connectivity index is 3.58.